The van der Waals surface area contributed by atoms with Crippen molar-refractivity contribution in [1.29, 1.82) is 0 Å². The van der Waals surface area contributed by atoms with Gasteiger partial charge in [0.2, 0.25) is 0 Å². The highest BCUT2D eigenvalue weighted by atomic mass is 16.5. The molecule has 0 aliphatic rings. The summed E-state index contributed by atoms with van der Waals surface area (Å²) in [6.45, 7) is 1.63. The maximum Gasteiger partial charge on any atom is 0.169 e. The van der Waals surface area contributed by atoms with Gasteiger partial charge in [-0.2, -0.15) is 0 Å². The fourth-order valence-electron chi connectivity index (χ4n) is 0.998. The molecule has 0 saturated heterocycles. The molecule has 0 amide bonds. The summed E-state index contributed by atoms with van der Waals surface area (Å²) in [6.07, 6.45) is 1.62. The average Bonchev–Trinajstić information content (AvgIpc) is 2.06. The van der Waals surface area contributed by atoms with Crippen molar-refractivity contribution < 1.29 is 10.2 Å². The summed E-state index contributed by atoms with van der Waals surface area (Å²) in [6, 6.07) is 9.38. The molecule has 1 aromatic rings. The van der Waals surface area contributed by atoms with Crippen molar-refractivity contribution >= 4 is 0 Å². The van der Waals surface area contributed by atoms with E-state index in [2.05, 4.69) is 0 Å². The van der Waals surface area contributed by atoms with Crippen LogP contribution >= 0.6 is 0 Å². The molecule has 2 N–H and O–H groups in total. The van der Waals surface area contributed by atoms with E-state index in [9.17, 15) is 10.2 Å². The Hall–Kier alpha value is -0.860. The Balaban J connectivity index is 2.64. The van der Waals surface area contributed by atoms with Gasteiger partial charge in [0, 0.05) is 12.8 Å². The van der Waals surface area contributed by atoms with Gasteiger partial charge in [-0.25, -0.2) is 0 Å². The number of rotatable bonds is 3. The highest BCUT2D eigenvalue weighted by Crippen LogP contribution is 2.12. The topological polar surface area (TPSA) is 40.5 Å². The maximum absolute atomic E-state index is 9.28. The van der Waals surface area contributed by atoms with Gasteiger partial charge in [-0.15, -0.1) is 0 Å². The van der Waals surface area contributed by atoms with E-state index in [-0.39, 0.29) is 6.42 Å². The lowest BCUT2D eigenvalue weighted by atomic mass is 10.0. The highest BCUT2D eigenvalue weighted by molar-refractivity contribution is 5.16. The molecule has 1 radical (unpaired) electrons. The Morgan fingerprint density at radius 2 is 1.83 bits per heavy atom. The number of benzene rings is 1. The molecule has 1 rings (SSSR count). The third kappa shape index (κ3) is 2.64. The van der Waals surface area contributed by atoms with E-state index in [4.69, 9.17) is 0 Å². The summed E-state index contributed by atoms with van der Waals surface area (Å²) >= 11 is 0. The predicted octanol–water partition coefficient (Wildman–Crippen LogP) is 1.13. The smallest absolute Gasteiger partial charge is 0.169 e. The lowest BCUT2D eigenvalue weighted by Crippen LogP contribution is -2.30. The minimum atomic E-state index is -1.68. The van der Waals surface area contributed by atoms with Crippen molar-refractivity contribution in [2.75, 3.05) is 0 Å². The monoisotopic (exact) mass is 165 g/mol. The highest BCUT2D eigenvalue weighted by Gasteiger charge is 2.20. The first-order chi connectivity index (χ1) is 5.64. The molecule has 0 fully saturated rings. The van der Waals surface area contributed by atoms with Crippen LogP contribution in [0.5, 0.6) is 0 Å². The fraction of sp³-hybridized carbons (Fsp3) is 0.300. The minimum absolute atomic E-state index is 0.240. The van der Waals surface area contributed by atoms with Crippen LogP contribution in [0.2, 0.25) is 0 Å². The van der Waals surface area contributed by atoms with Gasteiger partial charge in [0.25, 0.3) is 0 Å². The molecular formula is C10H13O2. The largest absolute Gasteiger partial charge is 0.365 e. The van der Waals surface area contributed by atoms with E-state index in [0.717, 1.165) is 5.56 Å². The molecular weight excluding hydrogens is 152 g/mol. The van der Waals surface area contributed by atoms with Gasteiger partial charge in [-0.05, 0) is 5.56 Å². The van der Waals surface area contributed by atoms with Crippen LogP contribution in [0.4, 0.5) is 0 Å². The zero-order chi connectivity index (χ0) is 9.03. The fourth-order valence-corrected chi connectivity index (χ4v) is 0.998. The Kier molecular flexibility index (Phi) is 2.84. The lowest BCUT2D eigenvalue weighted by Gasteiger charge is -2.18. The van der Waals surface area contributed by atoms with Crippen LogP contribution in [0.15, 0.2) is 30.3 Å². The van der Waals surface area contributed by atoms with Crippen molar-refractivity contribution in [3.63, 3.8) is 0 Å². The molecule has 0 spiro atoms. The van der Waals surface area contributed by atoms with Crippen LogP contribution in [0, 0.1) is 6.42 Å². The van der Waals surface area contributed by atoms with Crippen LogP contribution in [0.25, 0.3) is 0 Å². The second kappa shape index (κ2) is 3.70. The summed E-state index contributed by atoms with van der Waals surface area (Å²) in [4.78, 5) is 0. The molecule has 2 heteroatoms. The molecule has 0 heterocycles. The summed E-state index contributed by atoms with van der Waals surface area (Å²) in [5, 5.41) is 18.6. The van der Waals surface area contributed by atoms with Gasteiger partial charge >= 0.3 is 0 Å². The minimum Gasteiger partial charge on any atom is -0.365 e. The molecule has 12 heavy (non-hydrogen) atoms. The van der Waals surface area contributed by atoms with Crippen LogP contribution in [-0.2, 0) is 6.42 Å². The molecule has 0 unspecified atom stereocenters. The first kappa shape index (κ1) is 9.23. The van der Waals surface area contributed by atoms with Crippen molar-refractivity contribution in [1.82, 2.24) is 0 Å². The van der Waals surface area contributed by atoms with Crippen LogP contribution < -0.4 is 0 Å². The second-order valence-corrected chi connectivity index (χ2v) is 2.83. The van der Waals surface area contributed by atoms with Gasteiger partial charge in [-0.1, -0.05) is 37.3 Å². The third-order valence-corrected chi connectivity index (χ3v) is 1.77. The summed E-state index contributed by atoms with van der Waals surface area (Å²) < 4.78 is 0. The van der Waals surface area contributed by atoms with Crippen LogP contribution in [0.1, 0.15) is 12.5 Å². The first-order valence-electron chi connectivity index (χ1n) is 3.93. The molecule has 0 aliphatic heterocycles. The molecule has 0 aliphatic carbocycles. The Bertz CT molecular complexity index is 229. The molecule has 2 nitrogen and oxygen atoms in total. The predicted molar refractivity (Wildman–Crippen MR) is 47.3 cm³/mol. The Morgan fingerprint density at radius 1 is 1.25 bits per heavy atom. The molecule has 0 bridgehead atoms. The molecule has 65 valence electrons. The standard InChI is InChI=1S/C10H13O2/c1-2-10(11,12)8-9-6-4-3-5-7-9/h2-7,11-12H,8H2,1H3. The van der Waals surface area contributed by atoms with E-state index >= 15 is 0 Å². The number of hydrogen-bond acceptors (Lipinski definition) is 2. The van der Waals surface area contributed by atoms with Gasteiger partial charge in [0.1, 0.15) is 0 Å². The normalized spacial score (nSPS) is 11.6. The third-order valence-electron chi connectivity index (χ3n) is 1.77. The van der Waals surface area contributed by atoms with Gasteiger partial charge in [-0.3, -0.25) is 0 Å². The summed E-state index contributed by atoms with van der Waals surface area (Å²) in [5.41, 5.74) is 0.917. The van der Waals surface area contributed by atoms with Crippen molar-refractivity contribution in [2.45, 2.75) is 19.1 Å². The number of aliphatic hydroxyl groups is 2. The van der Waals surface area contributed by atoms with Gasteiger partial charge < -0.3 is 10.2 Å². The van der Waals surface area contributed by atoms with Crippen molar-refractivity contribution in [3.8, 4) is 0 Å². The zero-order valence-corrected chi connectivity index (χ0v) is 7.07. The molecule has 0 atom stereocenters. The maximum atomic E-state index is 9.28. The van der Waals surface area contributed by atoms with E-state index in [0.29, 0.717) is 0 Å². The van der Waals surface area contributed by atoms with Crippen molar-refractivity contribution in [3.05, 3.63) is 42.3 Å². The molecule has 0 aromatic heterocycles. The Morgan fingerprint density at radius 3 is 2.33 bits per heavy atom. The van der Waals surface area contributed by atoms with Crippen LogP contribution in [-0.4, -0.2) is 16.0 Å². The summed E-state index contributed by atoms with van der Waals surface area (Å²) in [5.74, 6) is -1.68. The lowest BCUT2D eigenvalue weighted by molar-refractivity contribution is -0.129. The quantitative estimate of drug-likeness (QED) is 0.659. The van der Waals surface area contributed by atoms with Gasteiger partial charge in [0.05, 0.1) is 0 Å². The van der Waals surface area contributed by atoms with Crippen LogP contribution in [0.3, 0.4) is 0 Å². The Labute approximate surface area is 72.5 Å². The SMILES string of the molecule is C[CH]C(O)(O)Cc1ccccc1. The van der Waals surface area contributed by atoms with E-state index < -0.39 is 5.79 Å². The second-order valence-electron chi connectivity index (χ2n) is 2.83. The molecule has 1 aromatic carbocycles. The summed E-state index contributed by atoms with van der Waals surface area (Å²) in [7, 11) is 0. The van der Waals surface area contributed by atoms with Gasteiger partial charge in [0.15, 0.2) is 5.79 Å². The zero-order valence-electron chi connectivity index (χ0n) is 7.07. The van der Waals surface area contributed by atoms with Crippen molar-refractivity contribution in [2.24, 2.45) is 0 Å². The van der Waals surface area contributed by atoms with E-state index in [1.807, 2.05) is 30.3 Å². The number of hydrogen-bond donors (Lipinski definition) is 2. The van der Waals surface area contributed by atoms with E-state index in [1.165, 1.54) is 6.42 Å². The molecule has 0 saturated carbocycles. The first-order valence-corrected chi connectivity index (χ1v) is 3.93. The van der Waals surface area contributed by atoms with E-state index in [1.54, 1.807) is 6.92 Å². The average molecular weight is 165 g/mol.